The number of pyridine rings is 1. The highest BCUT2D eigenvalue weighted by Crippen LogP contribution is 2.26. The fraction of sp³-hybridized carbons (Fsp3) is 0.154. The molecule has 88 valence electrons. The smallest absolute Gasteiger partial charge is 0.124 e. The van der Waals surface area contributed by atoms with Crippen LogP contribution in [0.15, 0.2) is 52.5 Å². The first kappa shape index (κ1) is 12.1. The van der Waals surface area contributed by atoms with E-state index in [0.29, 0.717) is 0 Å². The van der Waals surface area contributed by atoms with Crippen LogP contribution >= 0.6 is 11.8 Å². The number of halogens is 1. The minimum atomic E-state index is -0.518. The van der Waals surface area contributed by atoms with Gasteiger partial charge in [-0.3, -0.25) is 0 Å². The molecule has 2 aromatic rings. The number of nitrogens with zero attached hydrogens (tertiary/aromatic N) is 1. The molecule has 0 aliphatic rings. The second kappa shape index (κ2) is 5.29. The summed E-state index contributed by atoms with van der Waals surface area (Å²) in [6, 6.07) is 10.0. The normalized spacial score (nSPS) is 12.4. The first-order valence-corrected chi connectivity index (χ1v) is 6.04. The molecule has 0 saturated carbocycles. The van der Waals surface area contributed by atoms with Crippen LogP contribution < -0.4 is 0 Å². The molecule has 1 heterocycles. The molecule has 0 radical (unpaired) electrons. The van der Waals surface area contributed by atoms with Gasteiger partial charge in [0.2, 0.25) is 0 Å². The van der Waals surface area contributed by atoms with Crippen LogP contribution in [-0.2, 0) is 0 Å². The van der Waals surface area contributed by atoms with Crippen LogP contribution in [0.3, 0.4) is 0 Å². The Kier molecular flexibility index (Phi) is 3.76. The average Bonchev–Trinajstić information content (AvgIpc) is 2.29. The number of aromatic nitrogens is 1. The van der Waals surface area contributed by atoms with Crippen molar-refractivity contribution in [3.63, 3.8) is 0 Å². The molecule has 17 heavy (non-hydrogen) atoms. The first-order chi connectivity index (χ1) is 8.15. The van der Waals surface area contributed by atoms with Gasteiger partial charge in [-0.05, 0) is 36.8 Å². The first-order valence-electron chi connectivity index (χ1n) is 5.22. The predicted octanol–water partition coefficient (Wildman–Crippen LogP) is 3.43. The molecule has 1 N–H and O–H groups in total. The third-order valence-electron chi connectivity index (χ3n) is 2.26. The van der Waals surface area contributed by atoms with Gasteiger partial charge in [-0.2, -0.15) is 0 Å². The van der Waals surface area contributed by atoms with Crippen LogP contribution in [-0.4, -0.2) is 10.1 Å². The fourth-order valence-electron chi connectivity index (χ4n) is 1.35. The standard InChI is InChI=1S/C13H12FNOS/c1-9(16)10-5-6-13(15-8-10)17-12-4-2-3-11(14)7-12/h2-9,16H,1H3/t9-/m0/s1. The lowest BCUT2D eigenvalue weighted by molar-refractivity contribution is 0.198. The highest BCUT2D eigenvalue weighted by atomic mass is 32.2. The van der Waals surface area contributed by atoms with E-state index in [2.05, 4.69) is 4.98 Å². The predicted molar refractivity (Wildman–Crippen MR) is 65.4 cm³/mol. The summed E-state index contributed by atoms with van der Waals surface area (Å²) >= 11 is 1.39. The molecule has 0 aliphatic carbocycles. The van der Waals surface area contributed by atoms with Gasteiger partial charge in [-0.15, -0.1) is 0 Å². The molecule has 1 atom stereocenters. The Bertz CT molecular complexity index is 499. The zero-order valence-electron chi connectivity index (χ0n) is 9.30. The van der Waals surface area contributed by atoms with E-state index in [4.69, 9.17) is 0 Å². The van der Waals surface area contributed by atoms with Gasteiger partial charge in [-0.25, -0.2) is 9.37 Å². The van der Waals surface area contributed by atoms with E-state index in [9.17, 15) is 9.50 Å². The van der Waals surface area contributed by atoms with Crippen molar-refractivity contribution in [2.75, 3.05) is 0 Å². The summed E-state index contributed by atoms with van der Waals surface area (Å²) in [5.41, 5.74) is 0.772. The molecular formula is C13H12FNOS. The maximum absolute atomic E-state index is 13.0. The molecule has 1 aromatic carbocycles. The van der Waals surface area contributed by atoms with Crippen molar-refractivity contribution in [3.8, 4) is 0 Å². The van der Waals surface area contributed by atoms with Crippen LogP contribution in [0.5, 0.6) is 0 Å². The topological polar surface area (TPSA) is 33.1 Å². The van der Waals surface area contributed by atoms with Gasteiger partial charge >= 0.3 is 0 Å². The van der Waals surface area contributed by atoms with Gasteiger partial charge in [0, 0.05) is 11.1 Å². The van der Waals surface area contributed by atoms with E-state index < -0.39 is 6.10 Å². The van der Waals surface area contributed by atoms with E-state index >= 15 is 0 Å². The molecular weight excluding hydrogens is 237 g/mol. The molecule has 2 nitrogen and oxygen atoms in total. The number of aliphatic hydroxyl groups excluding tert-OH is 1. The minimum Gasteiger partial charge on any atom is -0.389 e. The summed E-state index contributed by atoms with van der Waals surface area (Å²) in [4.78, 5) is 5.01. The average molecular weight is 249 g/mol. The van der Waals surface area contributed by atoms with Gasteiger partial charge in [0.05, 0.1) is 6.10 Å². The highest BCUT2D eigenvalue weighted by Gasteiger charge is 2.03. The van der Waals surface area contributed by atoms with Crippen molar-refractivity contribution in [2.24, 2.45) is 0 Å². The minimum absolute atomic E-state index is 0.254. The Labute approximate surface area is 104 Å². The van der Waals surface area contributed by atoms with E-state index in [-0.39, 0.29) is 5.82 Å². The molecule has 0 saturated heterocycles. The van der Waals surface area contributed by atoms with E-state index in [0.717, 1.165) is 15.5 Å². The zero-order chi connectivity index (χ0) is 12.3. The van der Waals surface area contributed by atoms with Crippen LogP contribution in [0.2, 0.25) is 0 Å². The van der Waals surface area contributed by atoms with Gasteiger partial charge in [-0.1, -0.05) is 23.9 Å². The van der Waals surface area contributed by atoms with Crippen molar-refractivity contribution < 1.29 is 9.50 Å². The second-order valence-electron chi connectivity index (χ2n) is 3.67. The molecule has 0 spiro atoms. The molecule has 0 unspecified atom stereocenters. The van der Waals surface area contributed by atoms with Crippen LogP contribution in [0.25, 0.3) is 0 Å². The van der Waals surface area contributed by atoms with E-state index in [1.807, 2.05) is 18.2 Å². The van der Waals surface area contributed by atoms with Gasteiger partial charge in [0.1, 0.15) is 10.8 Å². The second-order valence-corrected chi connectivity index (χ2v) is 4.76. The lowest BCUT2D eigenvalue weighted by Crippen LogP contribution is -1.92. The van der Waals surface area contributed by atoms with Crippen molar-refractivity contribution in [3.05, 3.63) is 54.0 Å². The SMILES string of the molecule is C[C@H](O)c1ccc(Sc2cccc(F)c2)nc1. The lowest BCUT2D eigenvalue weighted by Gasteiger charge is -2.05. The summed E-state index contributed by atoms with van der Waals surface area (Å²) in [5.74, 6) is -0.254. The highest BCUT2D eigenvalue weighted by molar-refractivity contribution is 7.99. The lowest BCUT2D eigenvalue weighted by atomic mass is 10.2. The fourth-order valence-corrected chi connectivity index (χ4v) is 2.15. The molecule has 0 aliphatic heterocycles. The van der Waals surface area contributed by atoms with Crippen molar-refractivity contribution >= 4 is 11.8 Å². The van der Waals surface area contributed by atoms with E-state index in [1.165, 1.54) is 23.9 Å². The third-order valence-corrected chi connectivity index (χ3v) is 3.20. The van der Waals surface area contributed by atoms with Crippen molar-refractivity contribution in [1.82, 2.24) is 4.98 Å². The molecule has 0 amide bonds. The van der Waals surface area contributed by atoms with Crippen LogP contribution in [0.4, 0.5) is 4.39 Å². The molecule has 2 rings (SSSR count). The number of hydrogen-bond acceptors (Lipinski definition) is 3. The Morgan fingerprint density at radius 1 is 1.29 bits per heavy atom. The van der Waals surface area contributed by atoms with Crippen molar-refractivity contribution in [1.29, 1.82) is 0 Å². The molecule has 0 bridgehead atoms. The Hall–Kier alpha value is -1.39. The summed E-state index contributed by atoms with van der Waals surface area (Å²) in [6.07, 6.45) is 1.11. The molecule has 1 aromatic heterocycles. The number of hydrogen-bond donors (Lipinski definition) is 1. The maximum Gasteiger partial charge on any atom is 0.124 e. The summed E-state index contributed by atoms with van der Waals surface area (Å²) in [6.45, 7) is 1.69. The summed E-state index contributed by atoms with van der Waals surface area (Å²) < 4.78 is 13.0. The molecule has 0 fully saturated rings. The zero-order valence-corrected chi connectivity index (χ0v) is 10.1. The number of aliphatic hydroxyl groups is 1. The molecule has 4 heteroatoms. The van der Waals surface area contributed by atoms with Crippen LogP contribution in [0, 0.1) is 5.82 Å². The Morgan fingerprint density at radius 3 is 2.71 bits per heavy atom. The van der Waals surface area contributed by atoms with Crippen LogP contribution in [0.1, 0.15) is 18.6 Å². The quantitative estimate of drug-likeness (QED) is 0.904. The summed E-state index contributed by atoms with van der Waals surface area (Å²) in [5, 5.41) is 10.1. The monoisotopic (exact) mass is 249 g/mol. The van der Waals surface area contributed by atoms with Crippen molar-refractivity contribution in [2.45, 2.75) is 22.9 Å². The van der Waals surface area contributed by atoms with E-state index in [1.54, 1.807) is 19.2 Å². The summed E-state index contributed by atoms with van der Waals surface area (Å²) in [7, 11) is 0. The number of benzene rings is 1. The largest absolute Gasteiger partial charge is 0.389 e. The number of rotatable bonds is 3. The van der Waals surface area contributed by atoms with Gasteiger partial charge in [0.15, 0.2) is 0 Å². The Balaban J connectivity index is 2.14. The maximum atomic E-state index is 13.0. The van der Waals surface area contributed by atoms with Gasteiger partial charge in [0.25, 0.3) is 0 Å². The van der Waals surface area contributed by atoms with Gasteiger partial charge < -0.3 is 5.11 Å². The Morgan fingerprint density at radius 2 is 2.12 bits per heavy atom. The third kappa shape index (κ3) is 3.28.